The van der Waals surface area contributed by atoms with Crippen molar-refractivity contribution >= 4 is 0 Å². The third-order valence-corrected chi connectivity index (χ3v) is 3.47. The summed E-state index contributed by atoms with van der Waals surface area (Å²) in [5, 5.41) is 0. The third-order valence-electron chi connectivity index (χ3n) is 3.47. The van der Waals surface area contributed by atoms with Crippen molar-refractivity contribution in [1.82, 2.24) is 9.97 Å². The van der Waals surface area contributed by atoms with Crippen molar-refractivity contribution in [2.24, 2.45) is 0 Å². The summed E-state index contributed by atoms with van der Waals surface area (Å²) in [7, 11) is 0. The van der Waals surface area contributed by atoms with E-state index in [1.165, 1.54) is 11.1 Å². The van der Waals surface area contributed by atoms with Gasteiger partial charge < -0.3 is 0 Å². The third kappa shape index (κ3) is 4.37. The Hall–Kier alpha value is -3.26. The molecule has 0 amide bonds. The summed E-state index contributed by atoms with van der Waals surface area (Å²) in [6.45, 7) is 0. The van der Waals surface area contributed by atoms with Crippen LogP contribution >= 0.6 is 0 Å². The predicted octanol–water partition coefficient (Wildman–Crippen LogP) is 5.50. The van der Waals surface area contributed by atoms with Gasteiger partial charge >= 0.3 is 0 Å². The van der Waals surface area contributed by atoms with E-state index in [2.05, 4.69) is 58.5 Å². The average molecular weight is 310 g/mol. The van der Waals surface area contributed by atoms with Gasteiger partial charge in [0.05, 0.1) is 11.4 Å². The van der Waals surface area contributed by atoms with Gasteiger partial charge in [-0.05, 0) is 35.4 Å². The van der Waals surface area contributed by atoms with Crippen LogP contribution in [-0.4, -0.2) is 9.97 Å². The molecule has 4 rings (SSSR count). The van der Waals surface area contributed by atoms with Gasteiger partial charge in [0, 0.05) is 12.4 Å². The zero-order chi connectivity index (χ0) is 16.5. The van der Waals surface area contributed by atoms with E-state index in [0.717, 1.165) is 11.4 Å². The van der Waals surface area contributed by atoms with E-state index in [-0.39, 0.29) is 0 Å². The number of rotatable bonds is 2. The Morgan fingerprint density at radius 2 is 0.750 bits per heavy atom. The van der Waals surface area contributed by atoms with Crippen LogP contribution in [0.15, 0.2) is 109 Å². The van der Waals surface area contributed by atoms with Crippen LogP contribution in [0.1, 0.15) is 0 Å². The standard InChI is InChI=1S/C12H10.C10H8N2/c1-3-7-11(8-4-1)12-9-5-2-6-10-12;1-3-7-11-9(5-1)10-6-2-4-8-12-10/h1-10H;1-8H. The van der Waals surface area contributed by atoms with Gasteiger partial charge in [-0.25, -0.2) is 0 Å². The summed E-state index contributed by atoms with van der Waals surface area (Å²) in [4.78, 5) is 8.37. The topological polar surface area (TPSA) is 25.8 Å². The lowest BCUT2D eigenvalue weighted by molar-refractivity contribution is 1.25. The van der Waals surface area contributed by atoms with Gasteiger partial charge in [0.2, 0.25) is 0 Å². The van der Waals surface area contributed by atoms with Gasteiger partial charge in [0.1, 0.15) is 0 Å². The zero-order valence-corrected chi connectivity index (χ0v) is 13.3. The van der Waals surface area contributed by atoms with E-state index in [0.29, 0.717) is 0 Å². The van der Waals surface area contributed by atoms with Gasteiger partial charge in [-0.1, -0.05) is 72.8 Å². The maximum Gasteiger partial charge on any atom is 0.0886 e. The first-order valence-corrected chi connectivity index (χ1v) is 7.86. The van der Waals surface area contributed by atoms with E-state index in [1.54, 1.807) is 12.4 Å². The molecule has 2 aromatic heterocycles. The van der Waals surface area contributed by atoms with E-state index in [1.807, 2.05) is 48.5 Å². The summed E-state index contributed by atoms with van der Waals surface area (Å²) in [5.41, 5.74) is 4.38. The molecular formula is C22H18N2. The maximum atomic E-state index is 4.19. The molecule has 0 spiro atoms. The zero-order valence-electron chi connectivity index (χ0n) is 13.3. The molecule has 0 radical (unpaired) electrons. The Bertz CT molecular complexity index is 680. The number of nitrogens with zero attached hydrogens (tertiary/aromatic N) is 2. The van der Waals surface area contributed by atoms with E-state index >= 15 is 0 Å². The van der Waals surface area contributed by atoms with Crippen LogP contribution in [0.5, 0.6) is 0 Å². The lowest BCUT2D eigenvalue weighted by atomic mass is 10.1. The van der Waals surface area contributed by atoms with Crippen LogP contribution in [0.4, 0.5) is 0 Å². The number of hydrogen-bond donors (Lipinski definition) is 0. The normalized spacial score (nSPS) is 9.67. The Balaban J connectivity index is 0.000000141. The van der Waals surface area contributed by atoms with Crippen molar-refractivity contribution in [3.05, 3.63) is 109 Å². The van der Waals surface area contributed by atoms with Crippen molar-refractivity contribution in [3.63, 3.8) is 0 Å². The largest absolute Gasteiger partial charge is 0.255 e. The Labute approximate surface area is 142 Å². The molecule has 0 N–H and O–H groups in total. The second-order valence-corrected chi connectivity index (χ2v) is 5.16. The Kier molecular flexibility index (Phi) is 5.47. The molecule has 2 nitrogen and oxygen atoms in total. The summed E-state index contributed by atoms with van der Waals surface area (Å²) < 4.78 is 0. The molecule has 0 unspecified atom stereocenters. The SMILES string of the molecule is c1ccc(-c2ccccc2)cc1.c1ccc(-c2ccccn2)nc1. The summed E-state index contributed by atoms with van der Waals surface area (Å²) in [6, 6.07) is 32.4. The number of aromatic nitrogens is 2. The molecule has 2 heteroatoms. The van der Waals surface area contributed by atoms with Crippen LogP contribution < -0.4 is 0 Å². The fourth-order valence-corrected chi connectivity index (χ4v) is 2.29. The highest BCUT2D eigenvalue weighted by molar-refractivity contribution is 5.62. The number of benzene rings is 2. The lowest BCUT2D eigenvalue weighted by Gasteiger charge is -1.98. The van der Waals surface area contributed by atoms with Gasteiger partial charge in [0.15, 0.2) is 0 Å². The first kappa shape index (κ1) is 15.6. The van der Waals surface area contributed by atoms with Crippen molar-refractivity contribution in [2.45, 2.75) is 0 Å². The van der Waals surface area contributed by atoms with Gasteiger partial charge in [0.25, 0.3) is 0 Å². The second kappa shape index (κ2) is 8.39. The smallest absolute Gasteiger partial charge is 0.0886 e. The number of pyridine rings is 2. The molecule has 0 aliphatic carbocycles. The molecule has 24 heavy (non-hydrogen) atoms. The molecule has 0 atom stereocenters. The van der Waals surface area contributed by atoms with Crippen LogP contribution in [0, 0.1) is 0 Å². The highest BCUT2D eigenvalue weighted by Crippen LogP contribution is 2.17. The summed E-state index contributed by atoms with van der Waals surface area (Å²) >= 11 is 0. The van der Waals surface area contributed by atoms with E-state index < -0.39 is 0 Å². The van der Waals surface area contributed by atoms with Crippen LogP contribution in [0.3, 0.4) is 0 Å². The maximum absolute atomic E-state index is 4.19. The summed E-state index contributed by atoms with van der Waals surface area (Å²) in [6.07, 6.45) is 3.54. The molecule has 0 saturated heterocycles. The Morgan fingerprint density at radius 1 is 0.375 bits per heavy atom. The number of hydrogen-bond acceptors (Lipinski definition) is 2. The minimum atomic E-state index is 0.915. The molecule has 4 aromatic rings. The minimum Gasteiger partial charge on any atom is -0.255 e. The molecule has 116 valence electrons. The first-order valence-electron chi connectivity index (χ1n) is 7.86. The minimum absolute atomic E-state index is 0.915. The summed E-state index contributed by atoms with van der Waals surface area (Å²) in [5.74, 6) is 0. The Morgan fingerprint density at radius 3 is 1.08 bits per heavy atom. The second-order valence-electron chi connectivity index (χ2n) is 5.16. The van der Waals surface area contributed by atoms with Gasteiger partial charge in [-0.15, -0.1) is 0 Å². The van der Waals surface area contributed by atoms with Crippen LogP contribution in [0.2, 0.25) is 0 Å². The fourth-order valence-electron chi connectivity index (χ4n) is 2.29. The molecule has 2 aromatic carbocycles. The van der Waals surface area contributed by atoms with E-state index in [9.17, 15) is 0 Å². The average Bonchev–Trinajstić information content (AvgIpc) is 2.71. The highest BCUT2D eigenvalue weighted by atomic mass is 14.7. The fraction of sp³-hybridized carbons (Fsp3) is 0. The first-order chi connectivity index (χ1) is 11.9. The van der Waals surface area contributed by atoms with Gasteiger partial charge in [-0.3, -0.25) is 9.97 Å². The lowest BCUT2D eigenvalue weighted by Crippen LogP contribution is -1.83. The quantitative estimate of drug-likeness (QED) is 0.489. The van der Waals surface area contributed by atoms with Crippen LogP contribution in [0.25, 0.3) is 22.5 Å². The van der Waals surface area contributed by atoms with Gasteiger partial charge in [-0.2, -0.15) is 0 Å². The molecule has 0 fully saturated rings. The molecule has 2 heterocycles. The van der Waals surface area contributed by atoms with Crippen molar-refractivity contribution in [2.75, 3.05) is 0 Å². The molecular weight excluding hydrogens is 292 g/mol. The van der Waals surface area contributed by atoms with E-state index in [4.69, 9.17) is 0 Å². The predicted molar refractivity (Wildman–Crippen MR) is 99.3 cm³/mol. The van der Waals surface area contributed by atoms with Crippen molar-refractivity contribution in [1.29, 1.82) is 0 Å². The molecule has 0 saturated carbocycles. The van der Waals surface area contributed by atoms with Crippen molar-refractivity contribution < 1.29 is 0 Å². The van der Waals surface area contributed by atoms with Crippen LogP contribution in [-0.2, 0) is 0 Å². The molecule has 0 aliphatic heterocycles. The van der Waals surface area contributed by atoms with Crippen molar-refractivity contribution in [3.8, 4) is 22.5 Å². The molecule has 0 aliphatic rings. The monoisotopic (exact) mass is 310 g/mol. The molecule has 0 bridgehead atoms. The highest BCUT2D eigenvalue weighted by Gasteiger charge is 1.95.